The highest BCUT2D eigenvalue weighted by atomic mass is 16.3. The van der Waals surface area contributed by atoms with Gasteiger partial charge in [-0.2, -0.15) is 0 Å². The third kappa shape index (κ3) is 2.96. The van der Waals surface area contributed by atoms with Gasteiger partial charge in [0, 0.05) is 6.04 Å². The van der Waals surface area contributed by atoms with Gasteiger partial charge in [0.2, 0.25) is 0 Å². The Morgan fingerprint density at radius 2 is 1.80 bits per heavy atom. The molecule has 0 bridgehead atoms. The number of benzene rings is 1. The highest BCUT2D eigenvalue weighted by Crippen LogP contribution is 2.27. The molecule has 0 unspecified atom stereocenters. The van der Waals surface area contributed by atoms with Crippen LogP contribution >= 0.6 is 0 Å². The highest BCUT2D eigenvalue weighted by Gasteiger charge is 2.09. The van der Waals surface area contributed by atoms with Crippen molar-refractivity contribution in [2.75, 3.05) is 0 Å². The first-order valence-electron chi connectivity index (χ1n) is 5.62. The molecule has 84 valence electrons. The molecule has 0 saturated heterocycles. The largest absolute Gasteiger partial charge is 0.507 e. The van der Waals surface area contributed by atoms with Gasteiger partial charge >= 0.3 is 0 Å². The van der Waals surface area contributed by atoms with E-state index >= 15 is 0 Å². The van der Waals surface area contributed by atoms with E-state index in [4.69, 9.17) is 5.73 Å². The summed E-state index contributed by atoms with van der Waals surface area (Å²) in [6.07, 6.45) is 3.34. The molecule has 3 N–H and O–H groups in total. The Hall–Kier alpha value is -1.02. The van der Waals surface area contributed by atoms with E-state index in [1.54, 1.807) is 0 Å². The first-order chi connectivity index (χ1) is 7.06. The van der Waals surface area contributed by atoms with Crippen molar-refractivity contribution in [1.82, 2.24) is 0 Å². The fraction of sp³-hybridized carbons (Fsp3) is 0.538. The van der Waals surface area contributed by atoms with E-state index in [2.05, 4.69) is 6.92 Å². The second kappa shape index (κ2) is 5.17. The van der Waals surface area contributed by atoms with E-state index < -0.39 is 0 Å². The zero-order valence-corrected chi connectivity index (χ0v) is 9.88. The van der Waals surface area contributed by atoms with Gasteiger partial charge in [-0.1, -0.05) is 31.9 Å². The minimum Gasteiger partial charge on any atom is -0.507 e. The Morgan fingerprint density at radius 1 is 1.27 bits per heavy atom. The van der Waals surface area contributed by atoms with Crippen molar-refractivity contribution in [3.8, 4) is 5.75 Å². The molecule has 0 aliphatic carbocycles. The Labute approximate surface area is 92.1 Å². The van der Waals surface area contributed by atoms with Crippen molar-refractivity contribution < 1.29 is 5.11 Å². The number of phenolic OH excluding ortho intramolecular Hbond substituents is 1. The molecular weight excluding hydrogens is 186 g/mol. The van der Waals surface area contributed by atoms with Gasteiger partial charge in [-0.25, -0.2) is 0 Å². The lowest BCUT2D eigenvalue weighted by molar-refractivity contribution is 0.466. The monoisotopic (exact) mass is 207 g/mol. The molecular formula is C13H21NO. The summed E-state index contributed by atoms with van der Waals surface area (Å²) in [5.74, 6) is 0.390. The molecule has 1 rings (SSSR count). The van der Waals surface area contributed by atoms with Crippen LogP contribution in [0.3, 0.4) is 0 Å². The van der Waals surface area contributed by atoms with Crippen LogP contribution in [-0.2, 0) is 0 Å². The maximum Gasteiger partial charge on any atom is 0.121 e. The lowest BCUT2D eigenvalue weighted by atomic mass is 9.97. The summed E-state index contributed by atoms with van der Waals surface area (Å²) >= 11 is 0. The smallest absolute Gasteiger partial charge is 0.121 e. The van der Waals surface area contributed by atoms with E-state index in [1.165, 1.54) is 6.42 Å². The van der Waals surface area contributed by atoms with Crippen molar-refractivity contribution in [2.45, 2.75) is 46.1 Å². The van der Waals surface area contributed by atoms with E-state index in [9.17, 15) is 5.11 Å². The molecule has 2 heteroatoms. The SMILES string of the molecule is CCCC[C@H](N)c1cc(C)c(O)c(C)c1. The molecule has 0 heterocycles. The predicted octanol–water partition coefficient (Wildman–Crippen LogP) is 3.20. The van der Waals surface area contributed by atoms with Crippen LogP contribution in [0.2, 0.25) is 0 Å². The molecule has 0 aromatic heterocycles. The van der Waals surface area contributed by atoms with Gasteiger partial charge in [0.25, 0.3) is 0 Å². The first kappa shape index (κ1) is 12.1. The average Bonchev–Trinajstić information content (AvgIpc) is 2.21. The highest BCUT2D eigenvalue weighted by molar-refractivity contribution is 5.43. The summed E-state index contributed by atoms with van der Waals surface area (Å²) in [6, 6.07) is 4.08. The van der Waals surface area contributed by atoms with Crippen molar-refractivity contribution in [3.63, 3.8) is 0 Å². The molecule has 0 radical (unpaired) electrons. The number of aryl methyl sites for hydroxylation is 2. The number of hydrogen-bond donors (Lipinski definition) is 2. The van der Waals surface area contributed by atoms with Crippen molar-refractivity contribution in [2.24, 2.45) is 5.73 Å². The minimum absolute atomic E-state index is 0.1000. The van der Waals surface area contributed by atoms with Gasteiger partial charge in [0.15, 0.2) is 0 Å². The lowest BCUT2D eigenvalue weighted by Gasteiger charge is -2.14. The van der Waals surface area contributed by atoms with Crippen LogP contribution < -0.4 is 5.73 Å². The normalized spacial score (nSPS) is 12.8. The van der Waals surface area contributed by atoms with Crippen LogP contribution in [0.5, 0.6) is 5.75 Å². The van der Waals surface area contributed by atoms with Crippen molar-refractivity contribution >= 4 is 0 Å². The van der Waals surface area contributed by atoms with E-state index in [-0.39, 0.29) is 6.04 Å². The van der Waals surface area contributed by atoms with Crippen LogP contribution in [0.15, 0.2) is 12.1 Å². The number of nitrogens with two attached hydrogens (primary N) is 1. The summed E-state index contributed by atoms with van der Waals surface area (Å²) < 4.78 is 0. The third-order valence-corrected chi connectivity index (χ3v) is 2.81. The van der Waals surface area contributed by atoms with E-state index in [1.807, 2.05) is 26.0 Å². The molecule has 1 aromatic carbocycles. The minimum atomic E-state index is 0.1000. The van der Waals surface area contributed by atoms with Crippen molar-refractivity contribution in [1.29, 1.82) is 0 Å². The summed E-state index contributed by atoms with van der Waals surface area (Å²) in [7, 11) is 0. The molecule has 15 heavy (non-hydrogen) atoms. The first-order valence-corrected chi connectivity index (χ1v) is 5.62. The zero-order chi connectivity index (χ0) is 11.4. The lowest BCUT2D eigenvalue weighted by Crippen LogP contribution is -2.10. The van der Waals surface area contributed by atoms with Crippen LogP contribution in [0, 0.1) is 13.8 Å². The quantitative estimate of drug-likeness (QED) is 0.796. The van der Waals surface area contributed by atoms with Gasteiger partial charge in [0.05, 0.1) is 0 Å². The standard InChI is InChI=1S/C13H21NO/c1-4-5-6-12(14)11-7-9(2)13(15)10(3)8-11/h7-8,12,15H,4-6,14H2,1-3H3/t12-/m0/s1. The second-order valence-corrected chi connectivity index (χ2v) is 4.25. The second-order valence-electron chi connectivity index (χ2n) is 4.25. The number of hydrogen-bond acceptors (Lipinski definition) is 2. The number of rotatable bonds is 4. The molecule has 0 aliphatic heterocycles. The van der Waals surface area contributed by atoms with Gasteiger partial charge in [-0.05, 0) is 37.0 Å². The Kier molecular flexibility index (Phi) is 4.15. The fourth-order valence-electron chi connectivity index (χ4n) is 1.79. The molecule has 0 fully saturated rings. The molecule has 1 aromatic rings. The molecule has 0 amide bonds. The van der Waals surface area contributed by atoms with Crippen LogP contribution in [0.4, 0.5) is 0 Å². The molecule has 0 aliphatic rings. The Morgan fingerprint density at radius 3 is 2.27 bits per heavy atom. The molecule has 0 saturated carbocycles. The van der Waals surface area contributed by atoms with Gasteiger partial charge < -0.3 is 10.8 Å². The Bertz CT molecular complexity index is 310. The summed E-state index contributed by atoms with van der Waals surface area (Å²) in [4.78, 5) is 0. The van der Waals surface area contributed by atoms with Crippen LogP contribution in [0.1, 0.15) is 48.9 Å². The van der Waals surface area contributed by atoms with Crippen LogP contribution in [-0.4, -0.2) is 5.11 Å². The van der Waals surface area contributed by atoms with Crippen LogP contribution in [0.25, 0.3) is 0 Å². The maximum atomic E-state index is 9.65. The number of phenols is 1. The summed E-state index contributed by atoms with van der Waals surface area (Å²) in [5.41, 5.74) is 9.05. The number of unbranched alkanes of at least 4 members (excludes halogenated alkanes) is 1. The Balaban J connectivity index is 2.86. The van der Waals surface area contributed by atoms with Gasteiger partial charge in [-0.3, -0.25) is 0 Å². The number of aromatic hydroxyl groups is 1. The van der Waals surface area contributed by atoms with E-state index in [0.29, 0.717) is 5.75 Å². The van der Waals surface area contributed by atoms with Gasteiger partial charge in [-0.15, -0.1) is 0 Å². The topological polar surface area (TPSA) is 46.2 Å². The fourth-order valence-corrected chi connectivity index (χ4v) is 1.79. The molecule has 0 spiro atoms. The summed E-state index contributed by atoms with van der Waals surface area (Å²) in [5, 5.41) is 9.65. The predicted molar refractivity (Wildman–Crippen MR) is 64.0 cm³/mol. The molecule has 1 atom stereocenters. The van der Waals surface area contributed by atoms with E-state index in [0.717, 1.165) is 29.5 Å². The molecule has 2 nitrogen and oxygen atoms in total. The van der Waals surface area contributed by atoms with Crippen molar-refractivity contribution in [3.05, 3.63) is 28.8 Å². The average molecular weight is 207 g/mol. The van der Waals surface area contributed by atoms with Gasteiger partial charge in [0.1, 0.15) is 5.75 Å². The maximum absolute atomic E-state index is 9.65. The zero-order valence-electron chi connectivity index (χ0n) is 9.88. The third-order valence-electron chi connectivity index (χ3n) is 2.81. The summed E-state index contributed by atoms with van der Waals surface area (Å²) in [6.45, 7) is 6.00.